The Labute approximate surface area is 247 Å². The normalized spacial score (nSPS) is 17.1. The number of carbonyl (C=O) groups excluding carboxylic acids is 2. The fourth-order valence-corrected chi connectivity index (χ4v) is 7.30. The molecule has 5 rings (SSSR count). The maximum absolute atomic E-state index is 13.7. The molecule has 2 aliphatic rings. The van der Waals surface area contributed by atoms with Crippen LogP contribution in [0.2, 0.25) is 0 Å². The zero-order chi connectivity index (χ0) is 30.0. The second-order valence-electron chi connectivity index (χ2n) is 11.7. The van der Waals surface area contributed by atoms with Crippen molar-refractivity contribution >= 4 is 27.5 Å². The number of hydrogen-bond acceptors (Lipinski definition) is 6. The van der Waals surface area contributed by atoms with Crippen molar-refractivity contribution in [3.63, 3.8) is 0 Å². The lowest BCUT2D eigenvalue weighted by molar-refractivity contribution is -0.140. The number of nitrogens with one attached hydrogen (secondary N) is 1. The molecule has 42 heavy (non-hydrogen) atoms. The van der Waals surface area contributed by atoms with Gasteiger partial charge in [0.05, 0.1) is 29.3 Å². The lowest BCUT2D eigenvalue weighted by atomic mass is 9.74. The van der Waals surface area contributed by atoms with Crippen molar-refractivity contribution in [2.45, 2.75) is 55.2 Å². The number of carbonyl (C=O) groups is 2. The highest BCUT2D eigenvalue weighted by atomic mass is 32.2. The largest absolute Gasteiger partial charge is 0.374 e. The number of ether oxygens (including phenoxy) is 1. The summed E-state index contributed by atoms with van der Waals surface area (Å²) < 4.78 is 34.7. The summed E-state index contributed by atoms with van der Waals surface area (Å²) in [7, 11) is -3.75. The molecule has 1 fully saturated rings. The molecule has 1 saturated heterocycles. The van der Waals surface area contributed by atoms with Crippen LogP contribution in [0.25, 0.3) is 0 Å². The van der Waals surface area contributed by atoms with Crippen LogP contribution in [-0.2, 0) is 36.4 Å². The third-order valence-electron chi connectivity index (χ3n) is 8.14. The molecule has 0 bridgehead atoms. The number of fused-ring (bicyclic) bond motifs is 2. The molecule has 2 aliphatic heterocycles. The second-order valence-corrected chi connectivity index (χ2v) is 13.6. The summed E-state index contributed by atoms with van der Waals surface area (Å²) in [5.41, 5.74) is 7.06. The molecule has 3 N–H and O–H groups in total. The minimum absolute atomic E-state index is 0.00310. The highest BCUT2D eigenvalue weighted by molar-refractivity contribution is 7.92. The molecule has 0 radical (unpaired) electrons. The third-order valence-corrected chi connectivity index (χ3v) is 9.91. The average Bonchev–Trinajstić information content (AvgIpc) is 3.31. The monoisotopic (exact) mass is 590 g/mol. The zero-order valence-electron chi connectivity index (χ0n) is 24.0. The molecule has 9 nitrogen and oxygen atoms in total. The Balaban J connectivity index is 1.31. The Morgan fingerprint density at radius 2 is 1.55 bits per heavy atom. The van der Waals surface area contributed by atoms with E-state index in [-0.39, 0.29) is 17.4 Å². The number of amides is 2. The van der Waals surface area contributed by atoms with Gasteiger partial charge in [0.15, 0.2) is 0 Å². The molecule has 2 heterocycles. The Bertz CT molecular complexity index is 1520. The van der Waals surface area contributed by atoms with Crippen molar-refractivity contribution in [3.8, 4) is 0 Å². The van der Waals surface area contributed by atoms with E-state index < -0.39 is 32.9 Å². The average molecular weight is 591 g/mol. The van der Waals surface area contributed by atoms with Gasteiger partial charge in [-0.1, -0.05) is 66.7 Å². The van der Waals surface area contributed by atoms with Crippen LogP contribution in [0.4, 0.5) is 5.69 Å². The number of benzene rings is 3. The van der Waals surface area contributed by atoms with Gasteiger partial charge in [-0.3, -0.25) is 13.9 Å². The zero-order valence-corrected chi connectivity index (χ0v) is 24.8. The predicted octanol–water partition coefficient (Wildman–Crippen LogP) is 3.19. The van der Waals surface area contributed by atoms with Crippen molar-refractivity contribution in [3.05, 3.63) is 96.1 Å². The molecule has 3 aromatic rings. The number of hydrogen-bond donors (Lipinski definition) is 2. The van der Waals surface area contributed by atoms with E-state index in [2.05, 4.69) is 5.32 Å². The predicted molar refractivity (Wildman–Crippen MR) is 161 cm³/mol. The number of rotatable bonds is 9. The van der Waals surface area contributed by atoms with Crippen molar-refractivity contribution in [1.29, 1.82) is 0 Å². The van der Waals surface area contributed by atoms with Gasteiger partial charge in [0.2, 0.25) is 11.8 Å². The highest BCUT2D eigenvalue weighted by Gasteiger charge is 2.49. The van der Waals surface area contributed by atoms with E-state index in [1.807, 2.05) is 54.6 Å². The first-order chi connectivity index (χ1) is 20.0. The lowest BCUT2D eigenvalue weighted by Gasteiger charge is -2.41. The van der Waals surface area contributed by atoms with Gasteiger partial charge >= 0.3 is 0 Å². The van der Waals surface area contributed by atoms with Crippen LogP contribution in [0, 0.1) is 0 Å². The SMILES string of the molecule is CC(C)(N)C(=O)NC(COCc1ccccc1)C(=O)N1CCC2(CC1)CN(S(=O)(=O)c1ccccc1)c1ccccc12. The van der Waals surface area contributed by atoms with E-state index in [4.69, 9.17) is 10.5 Å². The molecule has 0 aromatic heterocycles. The molecular weight excluding hydrogens is 552 g/mol. The van der Waals surface area contributed by atoms with Gasteiger partial charge in [0.25, 0.3) is 10.0 Å². The van der Waals surface area contributed by atoms with Gasteiger partial charge in [-0.25, -0.2) is 8.42 Å². The summed E-state index contributed by atoms with van der Waals surface area (Å²) >= 11 is 0. The van der Waals surface area contributed by atoms with Crippen LogP contribution in [0.5, 0.6) is 0 Å². The first-order valence-electron chi connectivity index (χ1n) is 14.2. The molecular formula is C32H38N4O5S. The lowest BCUT2D eigenvalue weighted by Crippen LogP contribution is -2.59. The van der Waals surface area contributed by atoms with Crippen LogP contribution in [0.15, 0.2) is 89.8 Å². The van der Waals surface area contributed by atoms with Crippen molar-refractivity contribution in [2.24, 2.45) is 5.73 Å². The fraction of sp³-hybridized carbons (Fsp3) is 0.375. The standard InChI is InChI=1S/C32H38N4O5S/c1-31(2,33)30(38)34-27(22-41-21-24-11-5-3-6-12-24)29(37)35-19-17-32(18-20-35)23-36(28-16-10-9-15-26(28)32)42(39,40)25-13-7-4-8-14-25/h3-16,27H,17-23,33H2,1-2H3,(H,34,38). The molecule has 10 heteroatoms. The van der Waals surface area contributed by atoms with Crippen LogP contribution in [0.1, 0.15) is 37.8 Å². The summed E-state index contributed by atoms with van der Waals surface area (Å²) in [6.45, 7) is 4.64. The van der Waals surface area contributed by atoms with E-state index in [0.717, 1.165) is 11.1 Å². The first kappa shape index (κ1) is 29.8. The quantitative estimate of drug-likeness (QED) is 0.395. The molecule has 1 atom stereocenters. The van der Waals surface area contributed by atoms with Gasteiger partial charge in [-0.2, -0.15) is 0 Å². The number of piperidine rings is 1. The molecule has 1 spiro atoms. The summed E-state index contributed by atoms with van der Waals surface area (Å²) in [4.78, 5) is 28.5. The number of anilines is 1. The van der Waals surface area contributed by atoms with Gasteiger partial charge in [0, 0.05) is 25.0 Å². The number of sulfonamides is 1. The molecule has 1 unspecified atom stereocenters. The Morgan fingerprint density at radius 3 is 2.19 bits per heavy atom. The molecule has 2 amide bonds. The Morgan fingerprint density at radius 1 is 0.952 bits per heavy atom. The van der Waals surface area contributed by atoms with Gasteiger partial charge in [0.1, 0.15) is 6.04 Å². The van der Waals surface area contributed by atoms with Crippen LogP contribution in [0.3, 0.4) is 0 Å². The minimum atomic E-state index is -3.75. The van der Waals surface area contributed by atoms with Gasteiger partial charge < -0.3 is 20.7 Å². The third kappa shape index (κ3) is 6.06. The number of nitrogens with two attached hydrogens (primary N) is 1. The topological polar surface area (TPSA) is 122 Å². The van der Waals surface area contributed by atoms with E-state index in [1.165, 1.54) is 4.31 Å². The maximum Gasteiger partial charge on any atom is 0.264 e. The number of para-hydroxylation sites is 1. The van der Waals surface area contributed by atoms with Crippen molar-refractivity contribution in [2.75, 3.05) is 30.5 Å². The van der Waals surface area contributed by atoms with Gasteiger partial charge in [-0.15, -0.1) is 0 Å². The van der Waals surface area contributed by atoms with Crippen LogP contribution >= 0.6 is 0 Å². The molecule has 0 aliphatic carbocycles. The highest BCUT2D eigenvalue weighted by Crippen LogP contribution is 2.48. The fourth-order valence-electron chi connectivity index (χ4n) is 5.71. The van der Waals surface area contributed by atoms with E-state index in [9.17, 15) is 18.0 Å². The van der Waals surface area contributed by atoms with Crippen molar-refractivity contribution in [1.82, 2.24) is 10.2 Å². The van der Waals surface area contributed by atoms with E-state index in [0.29, 0.717) is 44.8 Å². The first-order valence-corrected chi connectivity index (χ1v) is 15.6. The Kier molecular flexibility index (Phi) is 8.41. The Hall–Kier alpha value is -3.73. The smallest absolute Gasteiger partial charge is 0.264 e. The van der Waals surface area contributed by atoms with Crippen molar-refractivity contribution < 1.29 is 22.7 Å². The number of likely N-dealkylation sites (tertiary alicyclic amines) is 1. The maximum atomic E-state index is 13.7. The van der Waals surface area contributed by atoms with E-state index >= 15 is 0 Å². The van der Waals surface area contributed by atoms with Crippen LogP contribution < -0.4 is 15.4 Å². The molecule has 222 valence electrons. The minimum Gasteiger partial charge on any atom is -0.374 e. The summed E-state index contributed by atoms with van der Waals surface area (Å²) in [5.74, 6) is -0.681. The molecule has 3 aromatic carbocycles. The van der Waals surface area contributed by atoms with E-state index in [1.54, 1.807) is 49.1 Å². The second kappa shape index (κ2) is 11.9. The summed E-state index contributed by atoms with van der Waals surface area (Å²) in [5, 5.41) is 2.79. The van der Waals surface area contributed by atoms with Gasteiger partial charge in [-0.05, 0) is 56.0 Å². The summed E-state index contributed by atoms with van der Waals surface area (Å²) in [6.07, 6.45) is 1.18. The number of nitrogens with zero attached hydrogens (tertiary/aromatic N) is 2. The van der Waals surface area contributed by atoms with Crippen LogP contribution in [-0.4, -0.2) is 63.0 Å². The summed E-state index contributed by atoms with van der Waals surface area (Å²) in [6, 6.07) is 24.8. The molecule has 0 saturated carbocycles.